The highest BCUT2D eigenvalue weighted by molar-refractivity contribution is 5.79. The van der Waals surface area contributed by atoms with Crippen molar-refractivity contribution in [3.63, 3.8) is 0 Å². The van der Waals surface area contributed by atoms with Crippen molar-refractivity contribution in [2.75, 3.05) is 6.54 Å². The van der Waals surface area contributed by atoms with Crippen LogP contribution in [0.2, 0.25) is 0 Å². The highest BCUT2D eigenvalue weighted by atomic mass is 16.3. The normalized spacial score (nSPS) is 24.5. The van der Waals surface area contributed by atoms with Gasteiger partial charge in [0.15, 0.2) is 0 Å². The molecule has 2 unspecified atom stereocenters. The third-order valence-corrected chi connectivity index (χ3v) is 3.57. The molecule has 1 fully saturated rings. The Balaban J connectivity index is 1.85. The lowest BCUT2D eigenvalue weighted by atomic mass is 9.79. The lowest BCUT2D eigenvalue weighted by molar-refractivity contribution is -0.127. The maximum Gasteiger partial charge on any atom is 0.223 e. The number of carbonyl (C=O) groups is 1. The van der Waals surface area contributed by atoms with Crippen molar-refractivity contribution in [2.45, 2.75) is 32.2 Å². The summed E-state index contributed by atoms with van der Waals surface area (Å²) >= 11 is 0. The molecule has 0 saturated heterocycles. The predicted molar refractivity (Wildman–Crippen MR) is 65.1 cm³/mol. The van der Waals surface area contributed by atoms with E-state index in [0.29, 0.717) is 19.0 Å². The molecule has 0 radical (unpaired) electrons. The number of hydrogen-bond acceptors (Lipinski definition) is 3. The van der Waals surface area contributed by atoms with Gasteiger partial charge >= 0.3 is 0 Å². The number of carbonyl (C=O) groups excluding carboxylic acids is 1. The summed E-state index contributed by atoms with van der Waals surface area (Å²) in [5, 5.41) is 2.93. The molecule has 1 aromatic heterocycles. The van der Waals surface area contributed by atoms with Crippen LogP contribution < -0.4 is 11.1 Å². The van der Waals surface area contributed by atoms with Crippen molar-refractivity contribution in [3.05, 3.63) is 24.2 Å². The molecule has 1 heterocycles. The Hall–Kier alpha value is -1.29. The van der Waals surface area contributed by atoms with Crippen LogP contribution in [0.5, 0.6) is 0 Å². The van der Waals surface area contributed by atoms with Crippen LogP contribution in [0.3, 0.4) is 0 Å². The van der Waals surface area contributed by atoms with Gasteiger partial charge in [0.25, 0.3) is 0 Å². The molecule has 2 rings (SSSR count). The van der Waals surface area contributed by atoms with Gasteiger partial charge in [-0.1, -0.05) is 12.8 Å². The fourth-order valence-electron chi connectivity index (χ4n) is 2.55. The van der Waals surface area contributed by atoms with Gasteiger partial charge in [-0.25, -0.2) is 0 Å². The van der Waals surface area contributed by atoms with E-state index in [-0.39, 0.29) is 11.8 Å². The maximum atomic E-state index is 12.1. The van der Waals surface area contributed by atoms with E-state index in [1.165, 1.54) is 6.42 Å². The molecule has 1 aliphatic rings. The molecule has 3 N–H and O–H groups in total. The second kappa shape index (κ2) is 5.87. The standard InChI is InChI=1S/C13H20N2O2/c14-8-10-4-1-2-6-12(10)13(16)15-9-11-5-3-7-17-11/h3,5,7,10,12H,1-2,4,6,8-9,14H2,(H,15,16). The van der Waals surface area contributed by atoms with Crippen molar-refractivity contribution in [1.29, 1.82) is 0 Å². The monoisotopic (exact) mass is 236 g/mol. The Labute approximate surface area is 102 Å². The van der Waals surface area contributed by atoms with Gasteiger partial charge in [0.2, 0.25) is 5.91 Å². The molecular weight excluding hydrogens is 216 g/mol. The summed E-state index contributed by atoms with van der Waals surface area (Å²) in [7, 11) is 0. The lowest BCUT2D eigenvalue weighted by Crippen LogP contribution is -2.39. The highest BCUT2D eigenvalue weighted by Crippen LogP contribution is 2.29. The van der Waals surface area contributed by atoms with Gasteiger partial charge in [0.1, 0.15) is 5.76 Å². The first-order valence-electron chi connectivity index (χ1n) is 6.31. The minimum atomic E-state index is 0.0868. The van der Waals surface area contributed by atoms with Gasteiger partial charge in [0, 0.05) is 5.92 Å². The summed E-state index contributed by atoms with van der Waals surface area (Å²) in [4.78, 5) is 12.1. The highest BCUT2D eigenvalue weighted by Gasteiger charge is 2.29. The Morgan fingerprint density at radius 3 is 3.00 bits per heavy atom. The van der Waals surface area contributed by atoms with E-state index >= 15 is 0 Å². The number of nitrogens with two attached hydrogens (primary N) is 1. The van der Waals surface area contributed by atoms with Crippen LogP contribution in [-0.4, -0.2) is 12.5 Å². The molecule has 1 aliphatic carbocycles. The summed E-state index contributed by atoms with van der Waals surface area (Å²) in [5.41, 5.74) is 5.72. The quantitative estimate of drug-likeness (QED) is 0.835. The summed E-state index contributed by atoms with van der Waals surface area (Å²) in [6, 6.07) is 3.69. The fourth-order valence-corrected chi connectivity index (χ4v) is 2.55. The van der Waals surface area contributed by atoms with Crippen LogP contribution in [0.1, 0.15) is 31.4 Å². The number of amides is 1. The van der Waals surface area contributed by atoms with Crippen molar-refractivity contribution in [3.8, 4) is 0 Å². The van der Waals surface area contributed by atoms with Gasteiger partial charge in [0.05, 0.1) is 12.8 Å². The number of nitrogens with one attached hydrogen (secondary N) is 1. The minimum Gasteiger partial charge on any atom is -0.467 e. The molecule has 0 bridgehead atoms. The van der Waals surface area contributed by atoms with Crippen molar-refractivity contribution < 1.29 is 9.21 Å². The number of furan rings is 1. The summed E-state index contributed by atoms with van der Waals surface area (Å²) in [6.07, 6.45) is 5.99. The maximum absolute atomic E-state index is 12.1. The first-order chi connectivity index (χ1) is 8.31. The second-order valence-electron chi connectivity index (χ2n) is 4.68. The summed E-state index contributed by atoms with van der Waals surface area (Å²) < 4.78 is 5.18. The van der Waals surface area contributed by atoms with Gasteiger partial charge in [-0.05, 0) is 37.4 Å². The van der Waals surface area contributed by atoms with Crippen LogP contribution in [0, 0.1) is 11.8 Å². The van der Waals surface area contributed by atoms with E-state index in [2.05, 4.69) is 5.32 Å². The van der Waals surface area contributed by atoms with Gasteiger partial charge in [-0.2, -0.15) is 0 Å². The van der Waals surface area contributed by atoms with E-state index in [0.717, 1.165) is 25.0 Å². The first kappa shape index (κ1) is 12.2. The van der Waals surface area contributed by atoms with Crippen LogP contribution in [0.15, 0.2) is 22.8 Å². The van der Waals surface area contributed by atoms with E-state index in [9.17, 15) is 4.79 Å². The molecule has 94 valence electrons. The molecule has 2 atom stereocenters. The Morgan fingerprint density at radius 1 is 1.47 bits per heavy atom. The Bertz CT molecular complexity index is 348. The molecule has 0 spiro atoms. The molecule has 17 heavy (non-hydrogen) atoms. The molecule has 1 amide bonds. The van der Waals surface area contributed by atoms with Crippen molar-refractivity contribution >= 4 is 5.91 Å². The average Bonchev–Trinajstić information content (AvgIpc) is 2.89. The zero-order valence-corrected chi connectivity index (χ0v) is 10.0. The number of rotatable bonds is 4. The molecule has 1 saturated carbocycles. The van der Waals surface area contributed by atoms with E-state index in [1.54, 1.807) is 6.26 Å². The van der Waals surface area contributed by atoms with Crippen LogP contribution in [0.25, 0.3) is 0 Å². The molecule has 0 aliphatic heterocycles. The topological polar surface area (TPSA) is 68.3 Å². The minimum absolute atomic E-state index is 0.0868. The van der Waals surface area contributed by atoms with E-state index < -0.39 is 0 Å². The average molecular weight is 236 g/mol. The van der Waals surface area contributed by atoms with Crippen LogP contribution >= 0.6 is 0 Å². The van der Waals surface area contributed by atoms with Gasteiger partial charge in [-0.3, -0.25) is 4.79 Å². The smallest absolute Gasteiger partial charge is 0.223 e. The summed E-state index contributed by atoms with van der Waals surface area (Å²) in [5.74, 6) is 1.35. The Morgan fingerprint density at radius 2 is 2.29 bits per heavy atom. The largest absolute Gasteiger partial charge is 0.467 e. The van der Waals surface area contributed by atoms with E-state index in [1.807, 2.05) is 12.1 Å². The van der Waals surface area contributed by atoms with Crippen molar-refractivity contribution in [1.82, 2.24) is 5.32 Å². The predicted octanol–water partition coefficient (Wildman–Crippen LogP) is 1.66. The van der Waals surface area contributed by atoms with Crippen molar-refractivity contribution in [2.24, 2.45) is 17.6 Å². The van der Waals surface area contributed by atoms with E-state index in [4.69, 9.17) is 10.2 Å². The van der Waals surface area contributed by atoms with Gasteiger partial charge < -0.3 is 15.5 Å². The molecular formula is C13H20N2O2. The lowest BCUT2D eigenvalue weighted by Gasteiger charge is -2.29. The fraction of sp³-hybridized carbons (Fsp3) is 0.615. The zero-order chi connectivity index (χ0) is 12.1. The first-order valence-corrected chi connectivity index (χ1v) is 6.31. The number of hydrogen-bond donors (Lipinski definition) is 2. The molecule has 1 aromatic rings. The SMILES string of the molecule is NCC1CCCCC1C(=O)NCc1ccco1. The third kappa shape index (κ3) is 3.09. The molecule has 0 aromatic carbocycles. The third-order valence-electron chi connectivity index (χ3n) is 3.57. The Kier molecular flexibility index (Phi) is 4.20. The van der Waals surface area contributed by atoms with Crippen LogP contribution in [-0.2, 0) is 11.3 Å². The van der Waals surface area contributed by atoms with Crippen LogP contribution in [0.4, 0.5) is 0 Å². The summed E-state index contributed by atoms with van der Waals surface area (Å²) in [6.45, 7) is 1.08. The van der Waals surface area contributed by atoms with Gasteiger partial charge in [-0.15, -0.1) is 0 Å². The zero-order valence-electron chi connectivity index (χ0n) is 10.0. The molecule has 4 heteroatoms. The molecule has 4 nitrogen and oxygen atoms in total. The second-order valence-corrected chi connectivity index (χ2v) is 4.68.